The molecule has 2 aromatic carbocycles. The summed E-state index contributed by atoms with van der Waals surface area (Å²) in [7, 11) is 2.03. The summed E-state index contributed by atoms with van der Waals surface area (Å²) < 4.78 is 2.09. The number of benzene rings is 2. The van der Waals surface area contributed by atoms with Gasteiger partial charge in [-0.1, -0.05) is 59.3 Å². The first-order valence-corrected chi connectivity index (χ1v) is 10.7. The topological polar surface area (TPSA) is 43.6 Å². The molecule has 1 aliphatic rings. The molecule has 0 N–H and O–H groups in total. The Hall–Kier alpha value is -3.14. The van der Waals surface area contributed by atoms with Gasteiger partial charge in [-0.2, -0.15) is 0 Å². The molecule has 4 heteroatoms. The van der Waals surface area contributed by atoms with Crippen molar-refractivity contribution in [2.45, 2.75) is 45.4 Å². The van der Waals surface area contributed by atoms with Gasteiger partial charge in [-0.05, 0) is 49.8 Å². The van der Waals surface area contributed by atoms with Crippen molar-refractivity contribution in [3.8, 4) is 0 Å². The van der Waals surface area contributed by atoms with Crippen LogP contribution in [0.3, 0.4) is 0 Å². The second-order valence-corrected chi connectivity index (χ2v) is 8.06. The van der Waals surface area contributed by atoms with Crippen LogP contribution in [-0.4, -0.2) is 16.2 Å². The highest BCUT2D eigenvalue weighted by atomic mass is 16.7. The molecule has 0 spiro atoms. The number of oxime groups is 1. The Morgan fingerprint density at radius 2 is 1.87 bits per heavy atom. The Kier molecular flexibility index (Phi) is 6.12. The van der Waals surface area contributed by atoms with Gasteiger partial charge in [0, 0.05) is 36.1 Å². The molecule has 0 atom stereocenters. The van der Waals surface area contributed by atoms with E-state index in [4.69, 9.17) is 4.84 Å². The largest absolute Gasteiger partial charge is 0.350 e. The fourth-order valence-electron chi connectivity index (χ4n) is 4.13. The van der Waals surface area contributed by atoms with Crippen LogP contribution in [0.1, 0.15) is 48.8 Å². The van der Waals surface area contributed by atoms with E-state index < -0.39 is 0 Å². The van der Waals surface area contributed by atoms with Gasteiger partial charge >= 0.3 is 5.97 Å². The summed E-state index contributed by atoms with van der Waals surface area (Å²) in [6, 6.07) is 16.5. The molecule has 0 unspecified atom stereocenters. The van der Waals surface area contributed by atoms with E-state index in [2.05, 4.69) is 53.2 Å². The van der Waals surface area contributed by atoms with Crippen molar-refractivity contribution in [2.75, 3.05) is 0 Å². The molecule has 4 nitrogen and oxygen atoms in total. The molecule has 1 aromatic heterocycles. The predicted octanol–water partition coefficient (Wildman–Crippen LogP) is 5.87. The third-order valence-electron chi connectivity index (χ3n) is 5.84. The number of fused-ring (bicyclic) bond motifs is 1. The van der Waals surface area contributed by atoms with Crippen molar-refractivity contribution in [3.05, 3.63) is 83.1 Å². The molecule has 0 amide bonds. The quantitative estimate of drug-likeness (QED) is 0.225. The van der Waals surface area contributed by atoms with Crippen LogP contribution in [-0.2, 0) is 23.1 Å². The molecule has 0 fully saturated rings. The monoisotopic (exact) mass is 400 g/mol. The molecule has 154 valence electrons. The van der Waals surface area contributed by atoms with Crippen LogP contribution in [0.15, 0.2) is 71.5 Å². The average molecular weight is 401 g/mol. The number of aryl methyl sites for hydroxylation is 2. The van der Waals surface area contributed by atoms with E-state index in [1.165, 1.54) is 23.1 Å². The van der Waals surface area contributed by atoms with E-state index in [-0.39, 0.29) is 5.97 Å². The summed E-state index contributed by atoms with van der Waals surface area (Å²) in [4.78, 5) is 17.9. The zero-order valence-electron chi connectivity index (χ0n) is 17.7. The van der Waals surface area contributed by atoms with Gasteiger partial charge in [0.25, 0.3) is 0 Å². The Morgan fingerprint density at radius 3 is 2.67 bits per heavy atom. The number of hydrogen-bond acceptors (Lipinski definition) is 3. The van der Waals surface area contributed by atoms with Gasteiger partial charge < -0.3 is 9.40 Å². The molecule has 0 aliphatic heterocycles. The molecule has 4 rings (SSSR count). The van der Waals surface area contributed by atoms with Gasteiger partial charge in [-0.3, -0.25) is 0 Å². The highest BCUT2D eigenvalue weighted by molar-refractivity contribution is 6.11. The summed E-state index contributed by atoms with van der Waals surface area (Å²) in [5, 5.41) is 5.50. The third kappa shape index (κ3) is 4.54. The Balaban J connectivity index is 1.64. The minimum atomic E-state index is -0.286. The first-order valence-electron chi connectivity index (χ1n) is 10.7. The number of carbonyl (C=O) groups excluding carboxylic acids is 1. The predicted molar refractivity (Wildman–Crippen MR) is 122 cm³/mol. The smallest absolute Gasteiger partial charge is 0.339 e. The van der Waals surface area contributed by atoms with Crippen molar-refractivity contribution in [1.82, 2.24) is 4.57 Å². The maximum atomic E-state index is 12.5. The summed E-state index contributed by atoms with van der Waals surface area (Å²) in [6.07, 6.45) is 9.58. The van der Waals surface area contributed by atoms with Gasteiger partial charge in [0.15, 0.2) is 0 Å². The number of rotatable bonds is 6. The molecular weight excluding hydrogens is 372 g/mol. The summed E-state index contributed by atoms with van der Waals surface area (Å²) in [5.41, 5.74) is 6.45. The minimum Gasteiger partial charge on any atom is -0.350 e. The molecule has 30 heavy (non-hydrogen) atoms. The lowest BCUT2D eigenvalue weighted by molar-refractivity contribution is -0.142. The lowest BCUT2D eigenvalue weighted by Crippen LogP contribution is -2.10. The van der Waals surface area contributed by atoms with Crippen molar-refractivity contribution >= 4 is 22.6 Å². The number of nitrogens with zero attached hydrogens (tertiary/aromatic N) is 2. The molecule has 1 heterocycles. The van der Waals surface area contributed by atoms with Crippen LogP contribution in [0.25, 0.3) is 10.9 Å². The van der Waals surface area contributed by atoms with Crippen molar-refractivity contribution in [2.24, 2.45) is 12.2 Å². The fraction of sp³-hybridized carbons (Fsp3) is 0.308. The maximum absolute atomic E-state index is 12.5. The first-order chi connectivity index (χ1) is 14.6. The summed E-state index contributed by atoms with van der Waals surface area (Å²) in [6.45, 7) is 2.09. The fourth-order valence-corrected chi connectivity index (χ4v) is 4.13. The second kappa shape index (κ2) is 9.12. The van der Waals surface area contributed by atoms with Crippen molar-refractivity contribution < 1.29 is 9.63 Å². The van der Waals surface area contributed by atoms with E-state index in [0.717, 1.165) is 41.4 Å². The number of hydrogen-bond donors (Lipinski definition) is 0. The van der Waals surface area contributed by atoms with Crippen molar-refractivity contribution in [1.29, 1.82) is 0 Å². The lowest BCUT2D eigenvalue weighted by atomic mass is 9.97. The number of allylic oxidation sites excluding steroid dienone is 1. The standard InChI is InChI=1S/C26H28N2O2/c1-19-10-6-7-13-21(19)17-24(23-18-28(2)25-15-9-8-14-22(23)25)27-30-26(29)16-20-11-4-3-5-12-20/h6-11,13-15,18H,3-5,12,16-17H2,1-2H3/b27-24+. The molecule has 0 bridgehead atoms. The van der Waals surface area contributed by atoms with Crippen molar-refractivity contribution in [3.63, 3.8) is 0 Å². The first kappa shape index (κ1) is 20.1. The Bertz CT molecular complexity index is 1120. The van der Waals surface area contributed by atoms with E-state index in [9.17, 15) is 4.79 Å². The summed E-state index contributed by atoms with van der Waals surface area (Å²) >= 11 is 0. The van der Waals surface area contributed by atoms with E-state index >= 15 is 0 Å². The normalized spacial score (nSPS) is 14.6. The van der Waals surface area contributed by atoms with Gasteiger partial charge in [0.05, 0.1) is 12.1 Å². The van der Waals surface area contributed by atoms with Gasteiger partial charge in [0.1, 0.15) is 0 Å². The maximum Gasteiger partial charge on any atom is 0.339 e. The zero-order chi connectivity index (χ0) is 20.9. The lowest BCUT2D eigenvalue weighted by Gasteiger charge is -2.11. The van der Waals surface area contributed by atoms with Crippen LogP contribution >= 0.6 is 0 Å². The highest BCUT2D eigenvalue weighted by Crippen LogP contribution is 2.24. The van der Waals surface area contributed by atoms with Gasteiger partial charge in [-0.25, -0.2) is 4.79 Å². The Morgan fingerprint density at radius 1 is 1.07 bits per heavy atom. The molecule has 1 aliphatic carbocycles. The van der Waals surface area contributed by atoms with E-state index in [1.807, 2.05) is 31.3 Å². The number of carbonyl (C=O) groups is 1. The molecule has 0 saturated heterocycles. The van der Waals surface area contributed by atoms with Crippen LogP contribution in [0.4, 0.5) is 0 Å². The minimum absolute atomic E-state index is 0.286. The average Bonchev–Trinajstić information content (AvgIpc) is 3.10. The third-order valence-corrected chi connectivity index (χ3v) is 5.84. The number of para-hydroxylation sites is 1. The van der Waals surface area contributed by atoms with Crippen LogP contribution in [0.5, 0.6) is 0 Å². The zero-order valence-corrected chi connectivity index (χ0v) is 17.7. The molecule has 0 radical (unpaired) electrons. The van der Waals surface area contributed by atoms with Crippen LogP contribution in [0, 0.1) is 6.92 Å². The van der Waals surface area contributed by atoms with Crippen LogP contribution < -0.4 is 0 Å². The second-order valence-electron chi connectivity index (χ2n) is 8.06. The van der Waals surface area contributed by atoms with Crippen LogP contribution in [0.2, 0.25) is 0 Å². The van der Waals surface area contributed by atoms with Gasteiger partial charge in [0.2, 0.25) is 0 Å². The molecular formula is C26H28N2O2. The number of aromatic nitrogens is 1. The highest BCUT2D eigenvalue weighted by Gasteiger charge is 2.16. The molecule has 3 aromatic rings. The summed E-state index contributed by atoms with van der Waals surface area (Å²) in [5.74, 6) is -0.286. The Labute approximate surface area is 177 Å². The van der Waals surface area contributed by atoms with Gasteiger partial charge in [-0.15, -0.1) is 0 Å². The van der Waals surface area contributed by atoms with E-state index in [1.54, 1.807) is 0 Å². The molecule has 0 saturated carbocycles. The van der Waals surface area contributed by atoms with E-state index in [0.29, 0.717) is 12.8 Å². The SMILES string of the molecule is Cc1ccccc1C/C(=N\OC(=O)CC1=CCCCC1)c1cn(C)c2ccccc12.